The highest BCUT2D eigenvalue weighted by Gasteiger charge is 2.39. The Kier molecular flexibility index (Phi) is 3.95. The molecule has 0 aliphatic rings. The molecule has 0 amide bonds. The van der Waals surface area contributed by atoms with Crippen molar-refractivity contribution in [2.75, 3.05) is 18.5 Å². The molecule has 0 unspecified atom stereocenters. The van der Waals surface area contributed by atoms with Gasteiger partial charge < -0.3 is 4.55 Å². The van der Waals surface area contributed by atoms with E-state index in [4.69, 9.17) is 0 Å². The lowest BCUT2D eigenvalue weighted by molar-refractivity contribution is 0.480. The van der Waals surface area contributed by atoms with E-state index in [0.717, 1.165) is 0 Å². The largest absolute Gasteiger partial charge is 0.717 e. The third-order valence-electron chi connectivity index (χ3n) is 2.20. The Bertz CT molecular complexity index is 198. The maximum atomic E-state index is 10.8. The summed E-state index contributed by atoms with van der Waals surface area (Å²) in [5.74, 6) is 0. The monoisotopic (exact) mass is 198 g/mol. The van der Waals surface area contributed by atoms with Crippen LogP contribution < -0.4 is 0 Å². The van der Waals surface area contributed by atoms with E-state index in [1.54, 1.807) is 20.8 Å². The van der Waals surface area contributed by atoms with E-state index in [1.807, 2.05) is 0 Å². The molecule has 0 saturated carbocycles. The van der Waals surface area contributed by atoms with Gasteiger partial charge >= 0.3 is 0 Å². The van der Waals surface area contributed by atoms with E-state index in [1.165, 1.54) is 0 Å². The van der Waals surface area contributed by atoms with Crippen molar-refractivity contribution >= 4 is 16.2 Å². The van der Waals surface area contributed by atoms with E-state index in [9.17, 15) is 13.0 Å². The molecule has 0 atom stereocenters. The number of rotatable bonds is 4. The minimum Gasteiger partial charge on any atom is -0.717 e. The molecule has 0 heterocycles. The molecule has 0 saturated heterocycles. The van der Waals surface area contributed by atoms with Crippen molar-refractivity contribution in [3.63, 3.8) is 0 Å². The molecule has 0 aromatic heterocycles. The normalized spacial score (nSPS) is 13.5. The predicted molar refractivity (Wildman–Crippen MR) is 48.2 cm³/mol. The molecular weight excluding hydrogens is 183 g/mol. The third kappa shape index (κ3) is 2.14. The second kappa shape index (κ2) is 3.83. The maximum absolute atomic E-state index is 10.8. The Morgan fingerprint density at radius 3 is 1.36 bits per heavy atom. The lowest BCUT2D eigenvalue weighted by atomic mass is 10.9. The smallest absolute Gasteiger partial charge is 0.212 e. The number of hydrogen-bond acceptors (Lipinski definition) is 3. The second-order valence-electron chi connectivity index (χ2n) is 2.43. The van der Waals surface area contributed by atoms with Gasteiger partial charge in [0.1, 0.15) is 6.46 Å². The van der Waals surface area contributed by atoms with Gasteiger partial charge in [-0.25, -0.2) is 8.42 Å². The first kappa shape index (κ1) is 11.3. The molecule has 0 aromatic carbocycles. The molecule has 0 aliphatic carbocycles. The molecule has 3 nitrogen and oxygen atoms in total. The first-order chi connectivity index (χ1) is 4.93. The second-order valence-corrected chi connectivity index (χ2v) is 11.0. The topological polar surface area (TPSA) is 57.2 Å². The van der Waals surface area contributed by atoms with E-state index >= 15 is 0 Å². The van der Waals surface area contributed by atoms with Gasteiger partial charge in [-0.15, -0.1) is 0 Å². The van der Waals surface area contributed by atoms with Gasteiger partial charge in [0.25, 0.3) is 0 Å². The van der Waals surface area contributed by atoms with Crippen LogP contribution in [-0.2, 0) is 9.74 Å². The van der Waals surface area contributed by atoms with E-state index in [0.29, 0.717) is 18.5 Å². The standard InChI is InChI=1S/C6H15O3PS/c1-4-10(5-2,6-3)11(7,8)9/h4-6H2,1-3H3. The average molecular weight is 198 g/mol. The SMILES string of the molecule is CC[P+](CC)(CC)S(=O)(=O)[O-]. The van der Waals surface area contributed by atoms with Gasteiger partial charge in [-0.05, 0) is 20.8 Å². The Labute approximate surface area is 69.0 Å². The highest BCUT2D eigenvalue weighted by Crippen LogP contribution is 2.62. The summed E-state index contributed by atoms with van der Waals surface area (Å²) in [5.41, 5.74) is 0. The molecule has 68 valence electrons. The summed E-state index contributed by atoms with van der Waals surface area (Å²) >= 11 is 0. The van der Waals surface area contributed by atoms with Crippen LogP contribution >= 0.6 is 6.46 Å². The fourth-order valence-corrected chi connectivity index (χ4v) is 6.28. The molecule has 0 aromatic rings. The first-order valence-electron chi connectivity index (χ1n) is 3.75. The molecule has 0 rings (SSSR count). The maximum Gasteiger partial charge on any atom is 0.212 e. The molecule has 0 radical (unpaired) electrons. The Hall–Kier alpha value is 0.340. The molecule has 11 heavy (non-hydrogen) atoms. The zero-order valence-electron chi connectivity index (χ0n) is 7.20. The predicted octanol–water partition coefficient (Wildman–Crippen LogP) is 1.52. The zero-order chi connectivity index (χ0) is 9.12. The van der Waals surface area contributed by atoms with Gasteiger partial charge in [-0.2, -0.15) is 0 Å². The summed E-state index contributed by atoms with van der Waals surface area (Å²) in [4.78, 5) is 0. The molecular formula is C6H15O3PS. The summed E-state index contributed by atoms with van der Waals surface area (Å²) in [6.45, 7) is 3.16. The lowest BCUT2D eigenvalue weighted by Gasteiger charge is -2.25. The lowest BCUT2D eigenvalue weighted by Crippen LogP contribution is -2.13. The van der Waals surface area contributed by atoms with Gasteiger partial charge in [-0.3, -0.25) is 0 Å². The highest BCUT2D eigenvalue weighted by atomic mass is 32.8. The van der Waals surface area contributed by atoms with Crippen LogP contribution in [0.15, 0.2) is 0 Å². The molecule has 0 fully saturated rings. The quantitative estimate of drug-likeness (QED) is 0.508. The summed E-state index contributed by atoms with van der Waals surface area (Å²) < 4.78 is 32.5. The molecule has 0 N–H and O–H groups in total. The van der Waals surface area contributed by atoms with Crippen molar-refractivity contribution in [1.29, 1.82) is 0 Å². The fraction of sp³-hybridized carbons (Fsp3) is 1.00. The highest BCUT2D eigenvalue weighted by molar-refractivity contribution is 8.54. The van der Waals surface area contributed by atoms with E-state index in [2.05, 4.69) is 0 Å². The summed E-state index contributed by atoms with van der Waals surface area (Å²) in [6, 6.07) is 0. The summed E-state index contributed by atoms with van der Waals surface area (Å²) in [7, 11) is -4.02. The van der Waals surface area contributed by atoms with Gasteiger partial charge in [0.05, 0.1) is 18.5 Å². The minimum absolute atomic E-state index is 0.520. The molecule has 0 bridgehead atoms. The van der Waals surface area contributed by atoms with Crippen molar-refractivity contribution < 1.29 is 13.0 Å². The number of hydrogen-bond donors (Lipinski definition) is 0. The van der Waals surface area contributed by atoms with Crippen LogP contribution in [0.5, 0.6) is 0 Å². The Morgan fingerprint density at radius 1 is 1.09 bits per heavy atom. The van der Waals surface area contributed by atoms with Crippen molar-refractivity contribution in [3.8, 4) is 0 Å². The molecule has 0 spiro atoms. The van der Waals surface area contributed by atoms with E-state index in [-0.39, 0.29) is 0 Å². The van der Waals surface area contributed by atoms with Crippen molar-refractivity contribution in [2.45, 2.75) is 20.8 Å². The van der Waals surface area contributed by atoms with Gasteiger partial charge in [0, 0.05) is 0 Å². The van der Waals surface area contributed by atoms with Gasteiger partial charge in [0.15, 0.2) is 0 Å². The minimum atomic E-state index is -4.02. The summed E-state index contributed by atoms with van der Waals surface area (Å²) in [5, 5.41) is 0. The van der Waals surface area contributed by atoms with Crippen LogP contribution in [-0.4, -0.2) is 31.5 Å². The van der Waals surface area contributed by atoms with Crippen LogP contribution in [0.4, 0.5) is 0 Å². The Balaban J connectivity index is 4.86. The fourth-order valence-electron chi connectivity index (χ4n) is 1.15. The van der Waals surface area contributed by atoms with E-state index < -0.39 is 16.2 Å². The Morgan fingerprint density at radius 2 is 1.36 bits per heavy atom. The van der Waals surface area contributed by atoms with Gasteiger partial charge in [0.2, 0.25) is 9.74 Å². The zero-order valence-corrected chi connectivity index (χ0v) is 8.91. The van der Waals surface area contributed by atoms with Crippen LogP contribution in [0.3, 0.4) is 0 Å². The molecule has 0 aliphatic heterocycles. The summed E-state index contributed by atoms with van der Waals surface area (Å²) in [6.07, 6.45) is 1.56. The molecule has 5 heteroatoms. The van der Waals surface area contributed by atoms with Crippen LogP contribution in [0.25, 0.3) is 0 Å². The van der Waals surface area contributed by atoms with Gasteiger partial charge in [-0.1, -0.05) is 0 Å². The van der Waals surface area contributed by atoms with Crippen LogP contribution in [0.2, 0.25) is 0 Å². The van der Waals surface area contributed by atoms with Crippen LogP contribution in [0.1, 0.15) is 20.8 Å². The van der Waals surface area contributed by atoms with Crippen molar-refractivity contribution in [3.05, 3.63) is 0 Å². The van der Waals surface area contributed by atoms with Crippen molar-refractivity contribution in [1.82, 2.24) is 0 Å². The van der Waals surface area contributed by atoms with Crippen LogP contribution in [0, 0.1) is 0 Å². The van der Waals surface area contributed by atoms with Crippen molar-refractivity contribution in [2.24, 2.45) is 0 Å². The first-order valence-corrected chi connectivity index (χ1v) is 8.11. The average Bonchev–Trinajstić information content (AvgIpc) is 1.90. The third-order valence-corrected chi connectivity index (χ3v) is 11.8.